The van der Waals surface area contributed by atoms with Crippen molar-refractivity contribution < 1.29 is 9.90 Å². The fourth-order valence-corrected chi connectivity index (χ4v) is 3.16. The van der Waals surface area contributed by atoms with Crippen LogP contribution in [0.4, 0.5) is 0 Å². The third kappa shape index (κ3) is 18.0. The quantitative estimate of drug-likeness (QED) is 0.347. The molecular formula is C22H45NO2. The van der Waals surface area contributed by atoms with E-state index in [0.29, 0.717) is 6.04 Å². The van der Waals surface area contributed by atoms with Gasteiger partial charge in [0.05, 0.1) is 0 Å². The molecular weight excluding hydrogens is 310 g/mol. The van der Waals surface area contributed by atoms with Crippen LogP contribution in [-0.4, -0.2) is 23.7 Å². The topological polar surface area (TPSA) is 49.3 Å². The number of nitrogens with one attached hydrogen (secondary N) is 1. The van der Waals surface area contributed by atoms with E-state index < -0.39 is 0 Å². The van der Waals surface area contributed by atoms with Crippen molar-refractivity contribution in [1.82, 2.24) is 5.32 Å². The highest BCUT2D eigenvalue weighted by Crippen LogP contribution is 2.18. The van der Waals surface area contributed by atoms with Crippen LogP contribution in [0, 0.1) is 0 Å². The van der Waals surface area contributed by atoms with Crippen LogP contribution < -0.4 is 5.32 Å². The van der Waals surface area contributed by atoms with Crippen LogP contribution in [0.3, 0.4) is 0 Å². The van der Waals surface area contributed by atoms with Gasteiger partial charge in [-0.2, -0.15) is 0 Å². The molecule has 1 aliphatic carbocycles. The molecule has 0 radical (unpaired) electrons. The van der Waals surface area contributed by atoms with Gasteiger partial charge in [0.1, 0.15) is 0 Å². The van der Waals surface area contributed by atoms with Crippen molar-refractivity contribution in [2.45, 2.75) is 129 Å². The highest BCUT2D eigenvalue weighted by Gasteiger charge is 2.18. The van der Waals surface area contributed by atoms with Crippen molar-refractivity contribution in [3.63, 3.8) is 0 Å². The van der Waals surface area contributed by atoms with E-state index in [2.05, 4.69) is 12.2 Å². The molecule has 3 heteroatoms. The van der Waals surface area contributed by atoms with Gasteiger partial charge in [-0.1, -0.05) is 84.0 Å². The first-order valence-corrected chi connectivity index (χ1v) is 11.1. The monoisotopic (exact) mass is 355 g/mol. The fraction of sp³-hybridized carbons (Fsp3) is 0.955. The van der Waals surface area contributed by atoms with Gasteiger partial charge >= 0.3 is 0 Å². The smallest absolute Gasteiger partial charge is 0.220 e. The van der Waals surface area contributed by atoms with E-state index in [1.807, 2.05) is 0 Å². The zero-order valence-corrected chi connectivity index (χ0v) is 17.2. The second-order valence-electron chi connectivity index (χ2n) is 7.50. The molecule has 1 aliphatic rings. The zero-order valence-electron chi connectivity index (χ0n) is 17.2. The Kier molecular flexibility index (Phi) is 19.3. The van der Waals surface area contributed by atoms with Crippen LogP contribution in [0.5, 0.6) is 0 Å². The van der Waals surface area contributed by atoms with Gasteiger partial charge in [0.15, 0.2) is 0 Å². The standard InChI is InChI=1S/C20H39NO.C2H6O/c1-2-3-4-5-6-7-8-9-10-11-12-13-14-18-20(22)21-19-16-15-17-19;1-2-3/h19H,2-18H2,1H3,(H,21,22);3H,2H2,1H3. The van der Waals surface area contributed by atoms with Gasteiger partial charge in [-0.3, -0.25) is 4.79 Å². The van der Waals surface area contributed by atoms with E-state index in [1.54, 1.807) is 6.92 Å². The summed E-state index contributed by atoms with van der Waals surface area (Å²) in [7, 11) is 0. The zero-order chi connectivity index (χ0) is 18.6. The number of aliphatic hydroxyl groups excluding tert-OH is 1. The minimum atomic E-state index is 0.250. The average molecular weight is 356 g/mol. The van der Waals surface area contributed by atoms with Crippen LogP contribution in [0.2, 0.25) is 0 Å². The second-order valence-corrected chi connectivity index (χ2v) is 7.50. The van der Waals surface area contributed by atoms with Crippen molar-refractivity contribution in [2.75, 3.05) is 6.61 Å². The Balaban J connectivity index is 0.00000178. The summed E-state index contributed by atoms with van der Waals surface area (Å²) in [6.45, 7) is 4.21. The van der Waals surface area contributed by atoms with Gasteiger partial charge in [-0.15, -0.1) is 0 Å². The summed E-state index contributed by atoms with van der Waals surface area (Å²) in [6.07, 6.45) is 22.2. The van der Waals surface area contributed by atoms with Crippen molar-refractivity contribution in [3.8, 4) is 0 Å². The lowest BCUT2D eigenvalue weighted by atomic mass is 9.93. The normalized spacial score (nSPS) is 13.7. The molecule has 1 rings (SSSR count). The van der Waals surface area contributed by atoms with E-state index in [0.717, 1.165) is 12.8 Å². The van der Waals surface area contributed by atoms with E-state index in [4.69, 9.17) is 5.11 Å². The predicted octanol–water partition coefficient (Wildman–Crippen LogP) is 6.14. The van der Waals surface area contributed by atoms with E-state index in [1.165, 1.54) is 96.3 Å². The van der Waals surface area contributed by atoms with E-state index in [9.17, 15) is 4.79 Å². The molecule has 0 aromatic heterocycles. The maximum absolute atomic E-state index is 11.6. The van der Waals surface area contributed by atoms with E-state index in [-0.39, 0.29) is 12.5 Å². The first-order chi connectivity index (χ1) is 12.2. The Bertz CT molecular complexity index is 277. The third-order valence-corrected chi connectivity index (χ3v) is 4.98. The minimum Gasteiger partial charge on any atom is -0.397 e. The molecule has 0 aromatic rings. The van der Waals surface area contributed by atoms with Gasteiger partial charge in [0.2, 0.25) is 5.91 Å². The lowest BCUT2D eigenvalue weighted by Gasteiger charge is -2.26. The minimum absolute atomic E-state index is 0.250. The molecule has 1 amide bonds. The molecule has 0 unspecified atom stereocenters. The van der Waals surface area contributed by atoms with Gasteiger partial charge in [-0.25, -0.2) is 0 Å². The van der Waals surface area contributed by atoms with E-state index >= 15 is 0 Å². The molecule has 150 valence electrons. The maximum atomic E-state index is 11.6. The van der Waals surface area contributed by atoms with Crippen LogP contribution in [0.15, 0.2) is 0 Å². The second kappa shape index (κ2) is 19.8. The Hall–Kier alpha value is -0.570. The number of rotatable bonds is 15. The van der Waals surface area contributed by atoms with Crippen molar-refractivity contribution >= 4 is 5.91 Å². The van der Waals surface area contributed by atoms with Crippen molar-refractivity contribution in [3.05, 3.63) is 0 Å². The van der Waals surface area contributed by atoms with Crippen molar-refractivity contribution in [2.24, 2.45) is 0 Å². The van der Waals surface area contributed by atoms with Gasteiger partial charge in [-0.05, 0) is 32.6 Å². The number of amides is 1. The molecule has 1 fully saturated rings. The molecule has 0 aromatic carbocycles. The SMILES string of the molecule is CCCCCCCCCCCCCCCC(=O)NC1CCC1.CCO. The summed E-state index contributed by atoms with van der Waals surface area (Å²) in [4.78, 5) is 11.6. The van der Waals surface area contributed by atoms with Gasteiger partial charge in [0, 0.05) is 19.1 Å². The molecule has 0 bridgehead atoms. The molecule has 25 heavy (non-hydrogen) atoms. The molecule has 0 saturated heterocycles. The summed E-state index contributed by atoms with van der Waals surface area (Å²) in [6, 6.07) is 0.509. The number of unbranched alkanes of at least 4 members (excludes halogenated alkanes) is 12. The third-order valence-electron chi connectivity index (χ3n) is 4.98. The molecule has 0 atom stereocenters. The highest BCUT2D eigenvalue weighted by atomic mass is 16.2. The summed E-state index contributed by atoms with van der Waals surface area (Å²) < 4.78 is 0. The Morgan fingerprint density at radius 2 is 1.20 bits per heavy atom. The van der Waals surface area contributed by atoms with Crippen LogP contribution in [-0.2, 0) is 4.79 Å². The molecule has 0 spiro atoms. The average Bonchev–Trinajstić information content (AvgIpc) is 2.56. The molecule has 0 aliphatic heterocycles. The molecule has 3 nitrogen and oxygen atoms in total. The Labute approximate surface area is 157 Å². The number of aliphatic hydroxyl groups is 1. The summed E-state index contributed by atoms with van der Waals surface area (Å²) in [5.74, 6) is 0.285. The molecule has 1 saturated carbocycles. The number of carbonyl (C=O) groups excluding carboxylic acids is 1. The lowest BCUT2D eigenvalue weighted by Crippen LogP contribution is -2.39. The maximum Gasteiger partial charge on any atom is 0.220 e. The first-order valence-electron chi connectivity index (χ1n) is 11.1. The highest BCUT2D eigenvalue weighted by molar-refractivity contribution is 5.76. The van der Waals surface area contributed by atoms with Crippen LogP contribution >= 0.6 is 0 Å². The van der Waals surface area contributed by atoms with Crippen LogP contribution in [0.25, 0.3) is 0 Å². The number of hydrogen-bond acceptors (Lipinski definition) is 2. The van der Waals surface area contributed by atoms with Gasteiger partial charge < -0.3 is 10.4 Å². The predicted molar refractivity (Wildman–Crippen MR) is 109 cm³/mol. The lowest BCUT2D eigenvalue weighted by molar-refractivity contribution is -0.122. The first kappa shape index (κ1) is 24.4. The Morgan fingerprint density at radius 1 is 0.800 bits per heavy atom. The Morgan fingerprint density at radius 3 is 1.56 bits per heavy atom. The van der Waals surface area contributed by atoms with Crippen molar-refractivity contribution in [1.29, 1.82) is 0 Å². The molecule has 2 N–H and O–H groups in total. The summed E-state index contributed by atoms with van der Waals surface area (Å²) in [5, 5.41) is 10.7. The number of carbonyl (C=O) groups is 1. The van der Waals surface area contributed by atoms with Crippen LogP contribution in [0.1, 0.15) is 123 Å². The largest absolute Gasteiger partial charge is 0.397 e. The van der Waals surface area contributed by atoms with Gasteiger partial charge in [0.25, 0.3) is 0 Å². The fourth-order valence-electron chi connectivity index (χ4n) is 3.16. The summed E-state index contributed by atoms with van der Waals surface area (Å²) in [5.41, 5.74) is 0. The molecule has 0 heterocycles. The number of hydrogen-bond donors (Lipinski definition) is 2. The summed E-state index contributed by atoms with van der Waals surface area (Å²) >= 11 is 0.